The first kappa shape index (κ1) is 8.08. The molecule has 0 saturated carbocycles. The highest BCUT2D eigenvalue weighted by atomic mass is 16.3. The Morgan fingerprint density at radius 2 is 2.55 bits per heavy atom. The molecule has 1 aromatic heterocycles. The van der Waals surface area contributed by atoms with Gasteiger partial charge in [0.25, 0.3) is 0 Å². The molecule has 0 atom stereocenters. The molecule has 0 unspecified atom stereocenters. The second-order valence-corrected chi connectivity index (χ2v) is 2.39. The highest BCUT2D eigenvalue weighted by molar-refractivity contribution is 5.04. The molecule has 11 heavy (non-hydrogen) atoms. The maximum Gasteiger partial charge on any atom is 0.0947 e. The lowest BCUT2D eigenvalue weighted by atomic mass is 10.3. The van der Waals surface area contributed by atoms with Crippen LogP contribution >= 0.6 is 0 Å². The standard InChI is InChI=1S/C9H13NO/c1-2-3-5-10-7-9-4-6-11-8-9/h2,4,6,8,10H,1,3,5,7H2. The molecule has 0 spiro atoms. The lowest BCUT2D eigenvalue weighted by Gasteiger charge is -1.98. The molecule has 0 aliphatic rings. The van der Waals surface area contributed by atoms with Crippen LogP contribution < -0.4 is 5.32 Å². The van der Waals surface area contributed by atoms with Gasteiger partial charge in [-0.15, -0.1) is 6.58 Å². The predicted molar refractivity (Wildman–Crippen MR) is 45.2 cm³/mol. The molecule has 1 heterocycles. The zero-order chi connectivity index (χ0) is 7.94. The normalized spacial score (nSPS) is 9.82. The van der Waals surface area contributed by atoms with E-state index in [0.717, 1.165) is 19.5 Å². The molecular weight excluding hydrogens is 138 g/mol. The molecule has 0 radical (unpaired) electrons. The van der Waals surface area contributed by atoms with Crippen molar-refractivity contribution in [2.45, 2.75) is 13.0 Å². The molecular formula is C9H13NO. The maximum atomic E-state index is 4.91. The van der Waals surface area contributed by atoms with Crippen LogP contribution in [0.3, 0.4) is 0 Å². The lowest BCUT2D eigenvalue weighted by molar-refractivity contribution is 0.560. The van der Waals surface area contributed by atoms with E-state index in [4.69, 9.17) is 4.42 Å². The Hall–Kier alpha value is -1.02. The minimum atomic E-state index is 0.879. The van der Waals surface area contributed by atoms with Crippen molar-refractivity contribution in [2.24, 2.45) is 0 Å². The third-order valence-corrected chi connectivity index (χ3v) is 1.43. The van der Waals surface area contributed by atoms with Gasteiger partial charge in [-0.05, 0) is 19.0 Å². The van der Waals surface area contributed by atoms with E-state index >= 15 is 0 Å². The Kier molecular flexibility index (Phi) is 3.48. The van der Waals surface area contributed by atoms with Crippen LogP contribution in [0, 0.1) is 0 Å². The fraction of sp³-hybridized carbons (Fsp3) is 0.333. The number of nitrogens with one attached hydrogen (secondary N) is 1. The van der Waals surface area contributed by atoms with Crippen molar-refractivity contribution in [3.05, 3.63) is 36.8 Å². The van der Waals surface area contributed by atoms with E-state index < -0.39 is 0 Å². The molecule has 60 valence electrons. The largest absolute Gasteiger partial charge is 0.472 e. The summed E-state index contributed by atoms with van der Waals surface area (Å²) < 4.78 is 4.91. The second-order valence-electron chi connectivity index (χ2n) is 2.39. The molecule has 0 bridgehead atoms. The monoisotopic (exact) mass is 151 g/mol. The molecule has 0 aliphatic carbocycles. The minimum absolute atomic E-state index is 0.879. The van der Waals surface area contributed by atoms with Gasteiger partial charge in [0.05, 0.1) is 12.5 Å². The summed E-state index contributed by atoms with van der Waals surface area (Å²) in [6.07, 6.45) is 6.35. The highest BCUT2D eigenvalue weighted by Gasteiger charge is 1.90. The van der Waals surface area contributed by atoms with E-state index in [1.165, 1.54) is 5.56 Å². The number of hydrogen-bond acceptors (Lipinski definition) is 2. The predicted octanol–water partition coefficient (Wildman–Crippen LogP) is 1.95. The Bertz CT molecular complexity index is 191. The summed E-state index contributed by atoms with van der Waals surface area (Å²) >= 11 is 0. The van der Waals surface area contributed by atoms with Gasteiger partial charge in [-0.3, -0.25) is 0 Å². The van der Waals surface area contributed by atoms with Gasteiger partial charge < -0.3 is 9.73 Å². The highest BCUT2D eigenvalue weighted by Crippen LogP contribution is 1.97. The summed E-state index contributed by atoms with van der Waals surface area (Å²) in [5.41, 5.74) is 1.19. The first-order valence-electron chi connectivity index (χ1n) is 3.76. The van der Waals surface area contributed by atoms with Crippen LogP contribution in [-0.2, 0) is 6.54 Å². The van der Waals surface area contributed by atoms with Crippen LogP contribution in [-0.4, -0.2) is 6.54 Å². The van der Waals surface area contributed by atoms with Gasteiger partial charge in [-0.1, -0.05) is 6.08 Å². The summed E-state index contributed by atoms with van der Waals surface area (Å²) in [6.45, 7) is 5.50. The summed E-state index contributed by atoms with van der Waals surface area (Å²) in [5.74, 6) is 0. The first-order valence-corrected chi connectivity index (χ1v) is 3.76. The van der Waals surface area contributed by atoms with Crippen LogP contribution in [0.2, 0.25) is 0 Å². The second kappa shape index (κ2) is 4.74. The van der Waals surface area contributed by atoms with E-state index in [0.29, 0.717) is 0 Å². The summed E-state index contributed by atoms with van der Waals surface area (Å²) in [6, 6.07) is 1.96. The van der Waals surface area contributed by atoms with Crippen molar-refractivity contribution in [2.75, 3.05) is 6.54 Å². The Morgan fingerprint density at radius 3 is 3.18 bits per heavy atom. The molecule has 2 nitrogen and oxygen atoms in total. The molecule has 1 N–H and O–H groups in total. The van der Waals surface area contributed by atoms with E-state index in [9.17, 15) is 0 Å². The van der Waals surface area contributed by atoms with Crippen molar-refractivity contribution in [3.63, 3.8) is 0 Å². The van der Waals surface area contributed by atoms with E-state index in [-0.39, 0.29) is 0 Å². The fourth-order valence-electron chi connectivity index (χ4n) is 0.830. The molecule has 1 aromatic rings. The van der Waals surface area contributed by atoms with Crippen LogP contribution in [0.15, 0.2) is 35.7 Å². The SMILES string of the molecule is C=CCCNCc1ccoc1. The fourth-order valence-corrected chi connectivity index (χ4v) is 0.830. The van der Waals surface area contributed by atoms with Gasteiger partial charge in [-0.2, -0.15) is 0 Å². The van der Waals surface area contributed by atoms with Gasteiger partial charge in [0.1, 0.15) is 0 Å². The van der Waals surface area contributed by atoms with Crippen molar-refractivity contribution in [1.29, 1.82) is 0 Å². The Balaban J connectivity index is 2.09. The van der Waals surface area contributed by atoms with Crippen molar-refractivity contribution >= 4 is 0 Å². The van der Waals surface area contributed by atoms with Crippen molar-refractivity contribution in [3.8, 4) is 0 Å². The van der Waals surface area contributed by atoms with Gasteiger partial charge >= 0.3 is 0 Å². The molecule has 2 heteroatoms. The van der Waals surface area contributed by atoms with Crippen LogP contribution in [0.25, 0.3) is 0 Å². The molecule has 0 fully saturated rings. The molecule has 0 aliphatic heterocycles. The third-order valence-electron chi connectivity index (χ3n) is 1.43. The minimum Gasteiger partial charge on any atom is -0.472 e. The number of rotatable bonds is 5. The van der Waals surface area contributed by atoms with Gasteiger partial charge in [0, 0.05) is 12.1 Å². The summed E-state index contributed by atoms with van der Waals surface area (Å²) in [4.78, 5) is 0. The van der Waals surface area contributed by atoms with E-state index in [1.807, 2.05) is 12.1 Å². The average Bonchev–Trinajstić information content (AvgIpc) is 2.50. The quantitative estimate of drug-likeness (QED) is 0.514. The maximum absolute atomic E-state index is 4.91. The first-order chi connectivity index (χ1) is 5.43. The summed E-state index contributed by atoms with van der Waals surface area (Å²) in [5, 5.41) is 3.26. The Morgan fingerprint density at radius 1 is 1.64 bits per heavy atom. The number of hydrogen-bond donors (Lipinski definition) is 1. The molecule has 0 aromatic carbocycles. The third kappa shape index (κ3) is 3.05. The lowest BCUT2D eigenvalue weighted by Crippen LogP contribution is -2.13. The molecule has 1 rings (SSSR count). The van der Waals surface area contributed by atoms with Crippen molar-refractivity contribution in [1.82, 2.24) is 5.32 Å². The molecule has 0 amide bonds. The average molecular weight is 151 g/mol. The van der Waals surface area contributed by atoms with Crippen molar-refractivity contribution < 1.29 is 4.42 Å². The number of furan rings is 1. The molecule has 0 saturated heterocycles. The van der Waals surface area contributed by atoms with Gasteiger partial charge in [-0.25, -0.2) is 0 Å². The zero-order valence-electron chi connectivity index (χ0n) is 6.55. The van der Waals surface area contributed by atoms with Crippen LogP contribution in [0.1, 0.15) is 12.0 Å². The topological polar surface area (TPSA) is 25.2 Å². The van der Waals surface area contributed by atoms with Gasteiger partial charge in [0.2, 0.25) is 0 Å². The van der Waals surface area contributed by atoms with Crippen LogP contribution in [0.5, 0.6) is 0 Å². The Labute approximate surface area is 66.9 Å². The van der Waals surface area contributed by atoms with Crippen LogP contribution in [0.4, 0.5) is 0 Å². The summed E-state index contributed by atoms with van der Waals surface area (Å²) in [7, 11) is 0. The van der Waals surface area contributed by atoms with Gasteiger partial charge in [0.15, 0.2) is 0 Å². The van der Waals surface area contributed by atoms with E-state index in [2.05, 4.69) is 11.9 Å². The smallest absolute Gasteiger partial charge is 0.0947 e. The van der Waals surface area contributed by atoms with E-state index in [1.54, 1.807) is 12.5 Å². The zero-order valence-corrected chi connectivity index (χ0v) is 6.55.